The molecule has 0 atom stereocenters. The molecule has 2 fully saturated rings. The highest BCUT2D eigenvalue weighted by molar-refractivity contribution is 6.03. The molecule has 1 saturated heterocycles. The molecule has 1 aliphatic heterocycles. The van der Waals surface area contributed by atoms with Crippen molar-refractivity contribution in [3.8, 4) is 0 Å². The summed E-state index contributed by atoms with van der Waals surface area (Å²) in [7, 11) is 0. The third-order valence-corrected chi connectivity index (χ3v) is 5.87. The minimum absolute atomic E-state index is 0.201. The molecule has 6 heteroatoms. The lowest BCUT2D eigenvalue weighted by atomic mass is 9.96. The van der Waals surface area contributed by atoms with Crippen LogP contribution in [0.15, 0.2) is 30.3 Å². The van der Waals surface area contributed by atoms with E-state index in [2.05, 4.69) is 37.6 Å². The van der Waals surface area contributed by atoms with Crippen molar-refractivity contribution in [3.63, 3.8) is 0 Å². The maximum absolute atomic E-state index is 12.8. The number of rotatable bonds is 5. The fourth-order valence-electron chi connectivity index (χ4n) is 4.28. The molecular formula is C23H31N5O. The van der Waals surface area contributed by atoms with E-state index in [1.807, 2.05) is 19.1 Å². The summed E-state index contributed by atoms with van der Waals surface area (Å²) < 4.78 is 0. The number of carbonyl (C=O) groups excluding carboxylic acids is 1. The number of amides is 1. The van der Waals surface area contributed by atoms with Crippen molar-refractivity contribution < 1.29 is 4.79 Å². The molecule has 2 N–H and O–H groups in total. The van der Waals surface area contributed by atoms with Gasteiger partial charge < -0.3 is 15.5 Å². The molecular weight excluding hydrogens is 362 g/mol. The van der Waals surface area contributed by atoms with Crippen molar-refractivity contribution in [2.75, 3.05) is 28.6 Å². The van der Waals surface area contributed by atoms with Crippen LogP contribution in [0.3, 0.4) is 0 Å². The van der Waals surface area contributed by atoms with Crippen LogP contribution in [-0.2, 0) is 0 Å². The van der Waals surface area contributed by atoms with Crippen LogP contribution in [-0.4, -0.2) is 35.0 Å². The maximum Gasteiger partial charge on any atom is 0.274 e. The molecule has 1 aromatic heterocycles. The summed E-state index contributed by atoms with van der Waals surface area (Å²) >= 11 is 0. The molecule has 1 saturated carbocycles. The second kappa shape index (κ2) is 9.25. The Morgan fingerprint density at radius 1 is 0.966 bits per heavy atom. The van der Waals surface area contributed by atoms with Gasteiger partial charge in [-0.15, -0.1) is 0 Å². The van der Waals surface area contributed by atoms with Gasteiger partial charge in [0.25, 0.3) is 5.91 Å². The lowest BCUT2D eigenvalue weighted by Gasteiger charge is -2.28. The smallest absolute Gasteiger partial charge is 0.274 e. The van der Waals surface area contributed by atoms with Gasteiger partial charge in [-0.3, -0.25) is 4.79 Å². The first kappa shape index (κ1) is 19.7. The number of hydrogen-bond acceptors (Lipinski definition) is 5. The summed E-state index contributed by atoms with van der Waals surface area (Å²) in [6, 6.07) is 10.3. The summed E-state index contributed by atoms with van der Waals surface area (Å²) in [5.41, 5.74) is 3.20. The van der Waals surface area contributed by atoms with E-state index in [1.165, 1.54) is 44.2 Å². The first-order chi connectivity index (χ1) is 14.2. The summed E-state index contributed by atoms with van der Waals surface area (Å²) in [6.45, 7) is 4.13. The predicted molar refractivity (Wildman–Crippen MR) is 118 cm³/mol. The topological polar surface area (TPSA) is 70.2 Å². The molecule has 4 rings (SSSR count). The van der Waals surface area contributed by atoms with E-state index in [0.717, 1.165) is 37.3 Å². The zero-order chi connectivity index (χ0) is 20.1. The Hall–Kier alpha value is -2.63. The molecule has 0 unspecified atom stereocenters. The van der Waals surface area contributed by atoms with Crippen molar-refractivity contribution >= 4 is 23.2 Å². The van der Waals surface area contributed by atoms with Gasteiger partial charge >= 0.3 is 0 Å². The van der Waals surface area contributed by atoms with Crippen molar-refractivity contribution in [2.24, 2.45) is 0 Å². The number of nitrogens with one attached hydrogen (secondary N) is 2. The van der Waals surface area contributed by atoms with Crippen LogP contribution in [0.4, 0.5) is 17.3 Å². The number of hydrogen-bond donors (Lipinski definition) is 2. The van der Waals surface area contributed by atoms with Gasteiger partial charge in [0, 0.05) is 36.2 Å². The Balaban J connectivity index is 1.41. The molecule has 0 spiro atoms. The van der Waals surface area contributed by atoms with Gasteiger partial charge in [0.15, 0.2) is 0 Å². The predicted octanol–water partition coefficient (Wildman–Crippen LogP) is 4.77. The van der Waals surface area contributed by atoms with Crippen LogP contribution in [0.1, 0.15) is 67.5 Å². The van der Waals surface area contributed by atoms with Gasteiger partial charge in [0.05, 0.1) is 0 Å². The molecule has 0 radical (unpaired) electrons. The Morgan fingerprint density at radius 2 is 1.66 bits per heavy atom. The number of piperidine rings is 1. The van der Waals surface area contributed by atoms with Gasteiger partial charge in [-0.1, -0.05) is 19.3 Å². The minimum Gasteiger partial charge on any atom is -0.372 e. The molecule has 2 aliphatic rings. The second-order valence-electron chi connectivity index (χ2n) is 8.25. The Morgan fingerprint density at radius 3 is 2.38 bits per heavy atom. The molecule has 0 bridgehead atoms. The van der Waals surface area contributed by atoms with Crippen molar-refractivity contribution in [2.45, 2.75) is 64.3 Å². The summed E-state index contributed by atoms with van der Waals surface area (Å²) in [6.07, 6.45) is 9.89. The average molecular weight is 394 g/mol. The molecule has 29 heavy (non-hydrogen) atoms. The number of carbonyl (C=O) groups is 1. The Labute approximate surface area is 173 Å². The molecule has 2 heterocycles. The molecule has 154 valence electrons. The van der Waals surface area contributed by atoms with Crippen LogP contribution in [0.25, 0.3) is 0 Å². The lowest BCUT2D eigenvalue weighted by molar-refractivity contribution is 0.102. The third-order valence-electron chi connectivity index (χ3n) is 5.87. The number of nitrogens with zero attached hydrogens (tertiary/aromatic N) is 3. The van der Waals surface area contributed by atoms with E-state index in [-0.39, 0.29) is 5.91 Å². The quantitative estimate of drug-likeness (QED) is 0.765. The van der Waals surface area contributed by atoms with Gasteiger partial charge in [-0.2, -0.15) is 0 Å². The number of aryl methyl sites for hydroxylation is 1. The Kier molecular flexibility index (Phi) is 6.27. The van der Waals surface area contributed by atoms with Gasteiger partial charge in [-0.25, -0.2) is 9.97 Å². The molecule has 6 nitrogen and oxygen atoms in total. The van der Waals surface area contributed by atoms with Crippen LogP contribution in [0, 0.1) is 6.92 Å². The number of benzene rings is 1. The zero-order valence-corrected chi connectivity index (χ0v) is 17.3. The van der Waals surface area contributed by atoms with Crippen LogP contribution >= 0.6 is 0 Å². The van der Waals surface area contributed by atoms with Crippen molar-refractivity contribution in [1.82, 2.24) is 9.97 Å². The maximum atomic E-state index is 12.8. The van der Waals surface area contributed by atoms with E-state index >= 15 is 0 Å². The summed E-state index contributed by atoms with van der Waals surface area (Å²) in [4.78, 5) is 24.1. The highest BCUT2D eigenvalue weighted by atomic mass is 16.1. The minimum atomic E-state index is -0.201. The fraction of sp³-hybridized carbons (Fsp3) is 0.522. The van der Waals surface area contributed by atoms with Crippen molar-refractivity contribution in [1.29, 1.82) is 0 Å². The van der Waals surface area contributed by atoms with Crippen LogP contribution in [0.5, 0.6) is 0 Å². The van der Waals surface area contributed by atoms with Gasteiger partial charge in [0.1, 0.15) is 5.69 Å². The Bertz CT molecular complexity index is 824. The normalized spacial score (nSPS) is 17.8. The zero-order valence-electron chi connectivity index (χ0n) is 17.3. The summed E-state index contributed by atoms with van der Waals surface area (Å²) in [5, 5.41) is 6.39. The third kappa shape index (κ3) is 5.25. The molecule has 1 aliphatic carbocycles. The molecule has 1 amide bonds. The lowest BCUT2D eigenvalue weighted by Crippen LogP contribution is -2.29. The van der Waals surface area contributed by atoms with Gasteiger partial charge in [0.2, 0.25) is 5.95 Å². The van der Waals surface area contributed by atoms with Crippen molar-refractivity contribution in [3.05, 3.63) is 41.7 Å². The van der Waals surface area contributed by atoms with E-state index in [1.54, 1.807) is 6.07 Å². The van der Waals surface area contributed by atoms with Crippen LogP contribution in [0.2, 0.25) is 0 Å². The fourth-order valence-corrected chi connectivity index (χ4v) is 4.28. The largest absolute Gasteiger partial charge is 0.372 e. The summed E-state index contributed by atoms with van der Waals surface area (Å²) in [5.74, 6) is 0.357. The highest BCUT2D eigenvalue weighted by Gasteiger charge is 2.17. The van der Waals surface area contributed by atoms with Gasteiger partial charge in [-0.05, 0) is 69.4 Å². The SMILES string of the molecule is Cc1cc(C(=O)Nc2ccc(N3CCCCC3)cc2)nc(NC2CCCCC2)n1. The monoisotopic (exact) mass is 393 g/mol. The molecule has 1 aromatic carbocycles. The van der Waals surface area contributed by atoms with E-state index in [0.29, 0.717) is 17.7 Å². The number of anilines is 3. The van der Waals surface area contributed by atoms with E-state index < -0.39 is 0 Å². The second-order valence-corrected chi connectivity index (χ2v) is 8.25. The number of aromatic nitrogens is 2. The average Bonchev–Trinajstić information content (AvgIpc) is 2.75. The molecule has 2 aromatic rings. The van der Waals surface area contributed by atoms with Crippen LogP contribution < -0.4 is 15.5 Å². The first-order valence-electron chi connectivity index (χ1n) is 11.0. The first-order valence-corrected chi connectivity index (χ1v) is 11.0. The van der Waals surface area contributed by atoms with E-state index in [4.69, 9.17) is 0 Å². The highest BCUT2D eigenvalue weighted by Crippen LogP contribution is 2.23. The van der Waals surface area contributed by atoms with E-state index in [9.17, 15) is 4.79 Å². The standard InChI is InChI=1S/C23H31N5O/c1-17-16-21(27-23(24-17)26-18-8-4-2-5-9-18)22(29)25-19-10-12-20(13-11-19)28-14-6-3-7-15-28/h10-13,16,18H,2-9,14-15H2,1H3,(H,25,29)(H,24,26,27).